The van der Waals surface area contributed by atoms with Crippen LogP contribution in [0.25, 0.3) is 20.8 Å². The summed E-state index contributed by atoms with van der Waals surface area (Å²) in [6, 6.07) is 15.3. The van der Waals surface area contributed by atoms with Gasteiger partial charge in [0.25, 0.3) is 0 Å². The van der Waals surface area contributed by atoms with Crippen LogP contribution >= 0.6 is 23.6 Å². The first-order valence-electron chi connectivity index (χ1n) is 12.0. The second kappa shape index (κ2) is 11.6. The summed E-state index contributed by atoms with van der Waals surface area (Å²) in [6.07, 6.45) is 5.31. The Labute approximate surface area is 233 Å². The molecule has 0 atom stereocenters. The van der Waals surface area contributed by atoms with Crippen molar-refractivity contribution in [3.63, 3.8) is 0 Å². The van der Waals surface area contributed by atoms with Crippen LogP contribution in [0.15, 0.2) is 73.3 Å². The summed E-state index contributed by atoms with van der Waals surface area (Å²) < 4.78 is 29.1. The van der Waals surface area contributed by atoms with Gasteiger partial charge in [0.2, 0.25) is 5.91 Å². The number of thiocarbonyl (C=S) groups is 1. The molecule has 8 nitrogen and oxygen atoms in total. The molecule has 39 heavy (non-hydrogen) atoms. The van der Waals surface area contributed by atoms with Crippen LogP contribution in [0.4, 0.5) is 10.1 Å². The number of amides is 1. The number of carbonyl (C=O) groups excluding carboxylic acids is 1. The fourth-order valence-electron chi connectivity index (χ4n) is 4.03. The van der Waals surface area contributed by atoms with Crippen molar-refractivity contribution in [3.05, 3.63) is 84.7 Å². The highest BCUT2D eigenvalue weighted by Gasteiger charge is 2.15. The Bertz CT molecular complexity index is 1670. The number of thiophene rings is 1. The first kappa shape index (κ1) is 26.3. The molecule has 0 radical (unpaired) electrons. The monoisotopic (exact) mass is 561 g/mol. The van der Waals surface area contributed by atoms with Crippen molar-refractivity contribution in [1.29, 1.82) is 0 Å². The molecule has 1 amide bonds. The van der Waals surface area contributed by atoms with E-state index in [0.29, 0.717) is 17.2 Å². The summed E-state index contributed by atoms with van der Waals surface area (Å²) in [5, 5.41) is 5.49. The molecule has 3 heterocycles. The van der Waals surface area contributed by atoms with Crippen molar-refractivity contribution in [2.75, 3.05) is 12.4 Å². The molecule has 3 aromatic heterocycles. The van der Waals surface area contributed by atoms with E-state index in [-0.39, 0.29) is 23.2 Å². The van der Waals surface area contributed by atoms with Crippen LogP contribution < -0.4 is 20.1 Å². The van der Waals surface area contributed by atoms with E-state index in [2.05, 4.69) is 27.5 Å². The molecule has 0 fully saturated rings. The van der Waals surface area contributed by atoms with Crippen LogP contribution in [0.5, 0.6) is 17.2 Å². The van der Waals surface area contributed by atoms with Crippen LogP contribution in [0.2, 0.25) is 0 Å². The van der Waals surface area contributed by atoms with Gasteiger partial charge < -0.3 is 24.7 Å². The van der Waals surface area contributed by atoms with Gasteiger partial charge >= 0.3 is 0 Å². The van der Waals surface area contributed by atoms with Gasteiger partial charge in [-0.15, -0.1) is 11.3 Å². The highest BCUT2D eigenvalue weighted by Crippen LogP contribution is 2.39. The molecule has 2 aromatic carbocycles. The van der Waals surface area contributed by atoms with Crippen LogP contribution in [0.1, 0.15) is 12.5 Å². The number of anilines is 1. The van der Waals surface area contributed by atoms with E-state index in [1.807, 2.05) is 29.0 Å². The van der Waals surface area contributed by atoms with Gasteiger partial charge in [-0.3, -0.25) is 9.78 Å². The molecule has 0 aliphatic heterocycles. The number of fused-ring (bicyclic) bond motifs is 1. The molecule has 0 bridgehead atoms. The van der Waals surface area contributed by atoms with Crippen molar-refractivity contribution in [3.8, 4) is 27.8 Å². The molecule has 5 aromatic rings. The summed E-state index contributed by atoms with van der Waals surface area (Å²) >= 11 is 6.75. The topological polar surface area (TPSA) is 90.3 Å². The zero-order valence-electron chi connectivity index (χ0n) is 21.1. The number of benzene rings is 2. The highest BCUT2D eigenvalue weighted by atomic mass is 32.1. The summed E-state index contributed by atoms with van der Waals surface area (Å²) in [4.78, 5) is 22.1. The maximum absolute atomic E-state index is 15.0. The smallest absolute Gasteiger partial charge is 0.230 e. The number of carbonyl (C=O) groups is 1. The Morgan fingerprint density at radius 1 is 1.13 bits per heavy atom. The minimum atomic E-state index is -0.589. The van der Waals surface area contributed by atoms with Crippen molar-refractivity contribution in [2.24, 2.45) is 0 Å². The number of rotatable bonds is 8. The third kappa shape index (κ3) is 5.89. The predicted molar refractivity (Wildman–Crippen MR) is 154 cm³/mol. The lowest BCUT2D eigenvalue weighted by Gasteiger charge is -2.12. The molecule has 198 valence electrons. The molecule has 2 N–H and O–H groups in total. The molecule has 11 heteroatoms. The molecular weight excluding hydrogens is 537 g/mol. The third-order valence-corrected chi connectivity index (χ3v) is 7.25. The molecule has 0 saturated heterocycles. The Kier molecular flexibility index (Phi) is 7.80. The first-order valence-corrected chi connectivity index (χ1v) is 13.3. The van der Waals surface area contributed by atoms with Crippen LogP contribution in [0, 0.1) is 5.82 Å². The summed E-state index contributed by atoms with van der Waals surface area (Å²) in [7, 11) is 1.55. The van der Waals surface area contributed by atoms with Gasteiger partial charge in [0.1, 0.15) is 11.5 Å². The van der Waals surface area contributed by atoms with E-state index in [9.17, 15) is 4.79 Å². The Morgan fingerprint density at radius 3 is 2.77 bits per heavy atom. The fourth-order valence-corrected chi connectivity index (χ4v) is 5.36. The van der Waals surface area contributed by atoms with E-state index in [0.717, 1.165) is 32.9 Å². The number of hydrogen-bond acceptors (Lipinski definition) is 7. The van der Waals surface area contributed by atoms with E-state index >= 15 is 4.39 Å². The van der Waals surface area contributed by atoms with Gasteiger partial charge in [-0.1, -0.05) is 18.2 Å². The molecule has 0 unspecified atom stereocenters. The lowest BCUT2D eigenvalue weighted by Crippen LogP contribution is -2.35. The maximum Gasteiger partial charge on any atom is 0.230 e. The molecule has 0 saturated carbocycles. The van der Waals surface area contributed by atoms with Crippen molar-refractivity contribution in [2.45, 2.75) is 19.9 Å². The number of nitrogens with zero attached hydrogens (tertiary/aromatic N) is 3. The zero-order chi connectivity index (χ0) is 27.4. The standard InChI is InChI=1S/C28H24FN5O3S2/c1-3-34-16-30-15-21(34)25-14-20-27(39-25)24(10-11-31-20)37-23-9-8-18(13-19(23)29)32-28(38)33-26(35)12-17-6-4-5-7-22(17)36-2/h4-11,13-16H,3,12H2,1-2H3,(H2,32,33,35,38). The molecule has 0 spiro atoms. The van der Waals surface area contributed by atoms with Gasteiger partial charge in [0.05, 0.1) is 46.8 Å². The minimum Gasteiger partial charge on any atom is -0.496 e. The number of methoxy groups -OCH3 is 1. The number of hydrogen-bond donors (Lipinski definition) is 2. The molecule has 0 aliphatic carbocycles. The van der Waals surface area contributed by atoms with Crippen molar-refractivity contribution < 1.29 is 18.7 Å². The van der Waals surface area contributed by atoms with E-state index in [4.69, 9.17) is 21.7 Å². The van der Waals surface area contributed by atoms with Crippen molar-refractivity contribution >= 4 is 50.5 Å². The fraction of sp³-hybridized carbons (Fsp3) is 0.143. The van der Waals surface area contributed by atoms with Crippen molar-refractivity contribution in [1.82, 2.24) is 19.9 Å². The van der Waals surface area contributed by atoms with Gasteiger partial charge in [0.15, 0.2) is 16.7 Å². The van der Waals surface area contributed by atoms with Crippen LogP contribution in [-0.2, 0) is 17.8 Å². The van der Waals surface area contributed by atoms with E-state index in [1.54, 1.807) is 43.9 Å². The average Bonchev–Trinajstić information content (AvgIpc) is 3.57. The number of ether oxygens (including phenoxy) is 2. The number of nitrogens with one attached hydrogen (secondary N) is 2. The summed E-state index contributed by atoms with van der Waals surface area (Å²) in [5.74, 6) is 0.248. The number of para-hydroxylation sites is 1. The predicted octanol–water partition coefficient (Wildman–Crippen LogP) is 6.18. The summed E-state index contributed by atoms with van der Waals surface area (Å²) in [6.45, 7) is 2.84. The quantitative estimate of drug-likeness (QED) is 0.219. The second-order valence-corrected chi connectivity index (χ2v) is 9.90. The maximum atomic E-state index is 15.0. The zero-order valence-corrected chi connectivity index (χ0v) is 22.7. The second-order valence-electron chi connectivity index (χ2n) is 8.44. The Hall–Kier alpha value is -4.35. The number of pyridine rings is 1. The third-order valence-electron chi connectivity index (χ3n) is 5.89. The molecular formula is C28H24FN5O3S2. The lowest BCUT2D eigenvalue weighted by atomic mass is 10.1. The van der Waals surface area contributed by atoms with Gasteiger partial charge in [-0.05, 0) is 43.4 Å². The van der Waals surface area contributed by atoms with Gasteiger partial charge in [0, 0.05) is 36.1 Å². The first-order chi connectivity index (χ1) is 18.9. The molecule has 5 rings (SSSR count). The van der Waals surface area contributed by atoms with Gasteiger partial charge in [-0.25, -0.2) is 9.37 Å². The Balaban J connectivity index is 1.26. The number of aryl methyl sites for hydroxylation is 1. The normalized spacial score (nSPS) is 10.8. The van der Waals surface area contributed by atoms with E-state index < -0.39 is 5.82 Å². The minimum absolute atomic E-state index is 0.0488. The van der Waals surface area contributed by atoms with Gasteiger partial charge in [-0.2, -0.15) is 0 Å². The number of halogens is 1. The Morgan fingerprint density at radius 2 is 1.97 bits per heavy atom. The van der Waals surface area contributed by atoms with Crippen LogP contribution in [-0.4, -0.2) is 32.7 Å². The SMILES string of the molecule is CCn1cncc1-c1cc2nccc(Oc3ccc(NC(=S)NC(=O)Cc4ccccc4OC)cc3F)c2s1. The summed E-state index contributed by atoms with van der Waals surface area (Å²) in [5.41, 5.74) is 2.84. The highest BCUT2D eigenvalue weighted by molar-refractivity contribution is 7.80. The lowest BCUT2D eigenvalue weighted by molar-refractivity contribution is -0.119. The number of imidazole rings is 1. The van der Waals surface area contributed by atoms with E-state index in [1.165, 1.54) is 23.5 Å². The largest absolute Gasteiger partial charge is 0.496 e. The molecule has 0 aliphatic rings. The van der Waals surface area contributed by atoms with Crippen LogP contribution in [0.3, 0.4) is 0 Å². The number of aromatic nitrogens is 3. The average molecular weight is 562 g/mol.